The Bertz CT molecular complexity index is 165. The van der Waals surface area contributed by atoms with Gasteiger partial charge in [0.25, 0.3) is 0 Å². The van der Waals surface area contributed by atoms with Crippen LogP contribution in [-0.4, -0.2) is 17.4 Å². The van der Waals surface area contributed by atoms with Crippen molar-refractivity contribution in [3.63, 3.8) is 0 Å². The molecule has 0 aliphatic heterocycles. The molecule has 0 fully saturated rings. The van der Waals surface area contributed by atoms with Crippen LogP contribution in [0.5, 0.6) is 0 Å². The molecular weight excluding hydrogens is 204 g/mol. The van der Waals surface area contributed by atoms with Gasteiger partial charge in [-0.05, 0) is 6.42 Å². The van der Waals surface area contributed by atoms with Crippen molar-refractivity contribution in [2.75, 3.05) is 0 Å². The lowest BCUT2D eigenvalue weighted by Crippen LogP contribution is -1.93. The van der Waals surface area contributed by atoms with Gasteiger partial charge in [0.2, 0.25) is 0 Å². The number of hydrogen-bond donors (Lipinski definition) is 1. The molecule has 0 spiro atoms. The lowest BCUT2D eigenvalue weighted by atomic mass is 10.1. The van der Waals surface area contributed by atoms with E-state index in [9.17, 15) is 9.59 Å². The van der Waals surface area contributed by atoms with Gasteiger partial charge < -0.3 is 9.90 Å². The number of carbonyl (C=O) groups is 2. The maximum absolute atomic E-state index is 10.1. The van der Waals surface area contributed by atoms with Crippen LogP contribution in [0.4, 0.5) is 0 Å². The van der Waals surface area contributed by atoms with Gasteiger partial charge in [0.05, 0.1) is 0 Å². The first kappa shape index (κ1) is 17.5. The van der Waals surface area contributed by atoms with Crippen LogP contribution in [0.15, 0.2) is 0 Å². The topological polar surface area (TPSA) is 54.4 Å². The summed E-state index contributed by atoms with van der Waals surface area (Å²) in [6.45, 7) is 5.89. The Kier molecular flexibility index (Phi) is 15.5. The zero-order chi connectivity index (χ0) is 12.8. The molecule has 0 amide bonds. The van der Waals surface area contributed by atoms with Crippen LogP contribution in [0.1, 0.15) is 65.7 Å². The smallest absolute Gasteiger partial charge is 0.303 e. The van der Waals surface area contributed by atoms with Crippen molar-refractivity contribution in [2.45, 2.75) is 65.7 Å². The maximum atomic E-state index is 10.1. The second kappa shape index (κ2) is 14.1. The molecule has 0 radical (unpaired) electrons. The molecular formula is C13H26O3. The molecule has 0 atom stereocenters. The molecule has 3 heteroatoms. The number of unbranched alkanes of at least 4 members (excludes halogenated alkanes) is 5. The number of carboxylic acid groups (broad SMARTS) is 1. The van der Waals surface area contributed by atoms with E-state index in [0.29, 0.717) is 6.42 Å². The van der Waals surface area contributed by atoms with Crippen LogP contribution >= 0.6 is 0 Å². The highest BCUT2D eigenvalue weighted by Gasteiger charge is 1.95. The van der Waals surface area contributed by atoms with Crippen molar-refractivity contribution in [3.05, 3.63) is 0 Å². The third kappa shape index (κ3) is 23.2. The van der Waals surface area contributed by atoms with Crippen molar-refractivity contribution in [1.29, 1.82) is 0 Å². The molecule has 96 valence electrons. The van der Waals surface area contributed by atoms with E-state index in [1.165, 1.54) is 25.7 Å². The molecule has 0 aromatic heterocycles. The molecule has 3 nitrogen and oxygen atoms in total. The van der Waals surface area contributed by atoms with E-state index >= 15 is 0 Å². The van der Waals surface area contributed by atoms with E-state index in [-0.39, 0.29) is 5.92 Å². The predicted octanol–water partition coefficient (Wildman–Crippen LogP) is 3.66. The van der Waals surface area contributed by atoms with Crippen molar-refractivity contribution in [3.8, 4) is 0 Å². The largest absolute Gasteiger partial charge is 0.481 e. The summed E-state index contributed by atoms with van der Waals surface area (Å²) in [6.07, 6.45) is 8.17. The van der Waals surface area contributed by atoms with E-state index in [1.807, 2.05) is 13.8 Å². The van der Waals surface area contributed by atoms with Crippen LogP contribution in [-0.2, 0) is 9.59 Å². The normalized spacial score (nSPS) is 9.50. The predicted molar refractivity (Wildman–Crippen MR) is 66.5 cm³/mol. The van der Waals surface area contributed by atoms with Crippen molar-refractivity contribution >= 4 is 12.3 Å². The van der Waals surface area contributed by atoms with Crippen LogP contribution in [0, 0.1) is 5.92 Å². The monoisotopic (exact) mass is 230 g/mol. The first-order valence-corrected chi connectivity index (χ1v) is 6.21. The molecule has 0 unspecified atom stereocenters. The molecule has 0 saturated heterocycles. The molecule has 0 aromatic rings. The number of aliphatic carboxylic acids is 1. The summed E-state index contributed by atoms with van der Waals surface area (Å²) in [6, 6.07) is 0. The molecule has 0 saturated carbocycles. The van der Waals surface area contributed by atoms with E-state index in [4.69, 9.17) is 5.11 Å². The minimum atomic E-state index is -0.666. The van der Waals surface area contributed by atoms with Crippen LogP contribution in [0.2, 0.25) is 0 Å². The van der Waals surface area contributed by atoms with Crippen LogP contribution in [0.3, 0.4) is 0 Å². The quantitative estimate of drug-likeness (QED) is 0.511. The number of hydrogen-bond acceptors (Lipinski definition) is 2. The number of rotatable bonds is 8. The van der Waals surface area contributed by atoms with Crippen LogP contribution in [0.25, 0.3) is 0 Å². The van der Waals surface area contributed by atoms with Gasteiger partial charge in [0, 0.05) is 12.3 Å². The molecule has 0 heterocycles. The van der Waals surface area contributed by atoms with Crippen molar-refractivity contribution in [1.82, 2.24) is 0 Å². The van der Waals surface area contributed by atoms with Gasteiger partial charge in [-0.25, -0.2) is 0 Å². The first-order chi connectivity index (χ1) is 7.54. The second-order valence-corrected chi connectivity index (χ2v) is 4.29. The lowest BCUT2D eigenvalue weighted by molar-refractivity contribution is -0.137. The average Bonchev–Trinajstić information content (AvgIpc) is 2.23. The van der Waals surface area contributed by atoms with Gasteiger partial charge in [0.15, 0.2) is 0 Å². The Morgan fingerprint density at radius 1 is 1.12 bits per heavy atom. The minimum absolute atomic E-state index is 0.204. The summed E-state index contributed by atoms with van der Waals surface area (Å²) in [4.78, 5) is 19.6. The molecule has 0 bridgehead atoms. The number of carbonyl (C=O) groups excluding carboxylic acids is 1. The fraction of sp³-hybridized carbons (Fsp3) is 0.846. The van der Waals surface area contributed by atoms with E-state index < -0.39 is 5.97 Å². The molecule has 0 aliphatic carbocycles. The average molecular weight is 230 g/mol. The lowest BCUT2D eigenvalue weighted by Gasteiger charge is -1.97. The van der Waals surface area contributed by atoms with Crippen molar-refractivity contribution < 1.29 is 14.7 Å². The molecule has 0 aromatic carbocycles. The fourth-order valence-electron chi connectivity index (χ4n) is 1.06. The van der Waals surface area contributed by atoms with Gasteiger partial charge in [-0.15, -0.1) is 0 Å². The zero-order valence-electron chi connectivity index (χ0n) is 10.9. The van der Waals surface area contributed by atoms with Gasteiger partial charge in [0.1, 0.15) is 6.29 Å². The maximum Gasteiger partial charge on any atom is 0.303 e. The van der Waals surface area contributed by atoms with E-state index in [0.717, 1.165) is 19.1 Å². The second-order valence-electron chi connectivity index (χ2n) is 4.29. The summed E-state index contributed by atoms with van der Waals surface area (Å²) in [7, 11) is 0. The molecule has 16 heavy (non-hydrogen) atoms. The minimum Gasteiger partial charge on any atom is -0.481 e. The van der Waals surface area contributed by atoms with Gasteiger partial charge in [-0.2, -0.15) is 0 Å². The Morgan fingerprint density at radius 3 is 1.94 bits per heavy atom. The zero-order valence-corrected chi connectivity index (χ0v) is 10.9. The standard InChI is InChI=1S/C9H18O2.C4H8O/c1-2-3-4-5-6-7-8-9(10)11;1-4(2)3-5/h2-8H2,1H3,(H,10,11);3-4H,1-2H3. The van der Waals surface area contributed by atoms with Gasteiger partial charge >= 0.3 is 5.97 Å². The van der Waals surface area contributed by atoms with E-state index in [1.54, 1.807) is 0 Å². The summed E-state index contributed by atoms with van der Waals surface area (Å²) in [5, 5.41) is 8.32. The Labute approximate surface area is 99.2 Å². The van der Waals surface area contributed by atoms with Crippen molar-refractivity contribution in [2.24, 2.45) is 5.92 Å². The highest BCUT2D eigenvalue weighted by Crippen LogP contribution is 2.06. The summed E-state index contributed by atoms with van der Waals surface area (Å²) >= 11 is 0. The summed E-state index contributed by atoms with van der Waals surface area (Å²) < 4.78 is 0. The summed E-state index contributed by atoms with van der Waals surface area (Å²) in [5.41, 5.74) is 0. The van der Waals surface area contributed by atoms with E-state index in [2.05, 4.69) is 6.92 Å². The van der Waals surface area contributed by atoms with Crippen LogP contribution < -0.4 is 0 Å². The van der Waals surface area contributed by atoms with Gasteiger partial charge in [-0.3, -0.25) is 4.79 Å². The summed E-state index contributed by atoms with van der Waals surface area (Å²) in [5.74, 6) is -0.463. The Morgan fingerprint density at radius 2 is 1.56 bits per heavy atom. The Hall–Kier alpha value is -0.860. The number of aldehydes is 1. The highest BCUT2D eigenvalue weighted by atomic mass is 16.4. The molecule has 0 aliphatic rings. The van der Waals surface area contributed by atoms with Gasteiger partial charge in [-0.1, -0.05) is 52.9 Å². The number of carboxylic acids is 1. The third-order valence-electron chi connectivity index (χ3n) is 2.02. The Balaban J connectivity index is 0. The SMILES string of the molecule is CC(C)C=O.CCCCCCCCC(=O)O. The molecule has 0 rings (SSSR count). The molecule has 1 N–H and O–H groups in total. The third-order valence-corrected chi connectivity index (χ3v) is 2.02. The highest BCUT2D eigenvalue weighted by molar-refractivity contribution is 5.66. The fourth-order valence-corrected chi connectivity index (χ4v) is 1.06. The first-order valence-electron chi connectivity index (χ1n) is 6.21.